The standard InChI is InChI=1S/C14H19N2O3/c17-11-10-15-6-8-16(9-7-15)14(18)12-19-13-4-2-1-3-5-13/h1-2,4-5,17H,6-12H2. The van der Waals surface area contributed by atoms with E-state index in [0.717, 1.165) is 13.1 Å². The lowest BCUT2D eigenvalue weighted by atomic mass is 10.3. The molecule has 1 radical (unpaired) electrons. The van der Waals surface area contributed by atoms with Gasteiger partial charge in [0.05, 0.1) is 6.61 Å². The number of carbonyl (C=O) groups excluding carboxylic acids is 1. The number of carbonyl (C=O) groups is 1. The summed E-state index contributed by atoms with van der Waals surface area (Å²) in [5.41, 5.74) is 0. The molecular formula is C14H19N2O3. The van der Waals surface area contributed by atoms with E-state index in [9.17, 15) is 4.79 Å². The monoisotopic (exact) mass is 263 g/mol. The Kier molecular flexibility index (Phi) is 5.18. The van der Waals surface area contributed by atoms with E-state index in [2.05, 4.69) is 11.0 Å². The minimum absolute atomic E-state index is 0.00695. The Morgan fingerprint density at radius 3 is 2.79 bits per heavy atom. The highest BCUT2D eigenvalue weighted by molar-refractivity contribution is 5.77. The smallest absolute Gasteiger partial charge is 0.260 e. The van der Waals surface area contributed by atoms with Crippen molar-refractivity contribution in [2.75, 3.05) is 45.9 Å². The fourth-order valence-electron chi connectivity index (χ4n) is 2.07. The van der Waals surface area contributed by atoms with Gasteiger partial charge in [0, 0.05) is 32.7 Å². The van der Waals surface area contributed by atoms with Crippen LogP contribution in [0, 0.1) is 6.07 Å². The molecule has 1 aliphatic heterocycles. The predicted molar refractivity (Wildman–Crippen MR) is 70.9 cm³/mol. The van der Waals surface area contributed by atoms with Crippen LogP contribution in [0.5, 0.6) is 5.75 Å². The molecule has 0 aliphatic carbocycles. The minimum Gasteiger partial charge on any atom is -0.484 e. The van der Waals surface area contributed by atoms with Crippen molar-refractivity contribution in [2.45, 2.75) is 0 Å². The van der Waals surface area contributed by atoms with Gasteiger partial charge in [0.25, 0.3) is 5.91 Å². The fourth-order valence-corrected chi connectivity index (χ4v) is 2.07. The van der Waals surface area contributed by atoms with Crippen LogP contribution in [-0.2, 0) is 4.79 Å². The zero-order chi connectivity index (χ0) is 13.5. The molecule has 19 heavy (non-hydrogen) atoms. The number of hydrogen-bond acceptors (Lipinski definition) is 4. The van der Waals surface area contributed by atoms with Crippen LogP contribution in [0.15, 0.2) is 24.3 Å². The van der Waals surface area contributed by atoms with E-state index in [1.165, 1.54) is 0 Å². The average Bonchev–Trinajstić information content (AvgIpc) is 2.47. The van der Waals surface area contributed by atoms with Gasteiger partial charge in [-0.05, 0) is 18.2 Å². The third-order valence-electron chi connectivity index (χ3n) is 3.18. The van der Waals surface area contributed by atoms with Crippen LogP contribution in [0.4, 0.5) is 0 Å². The van der Waals surface area contributed by atoms with E-state index >= 15 is 0 Å². The molecule has 0 atom stereocenters. The lowest BCUT2D eigenvalue weighted by Gasteiger charge is -2.34. The van der Waals surface area contributed by atoms with Gasteiger partial charge in [0.1, 0.15) is 5.75 Å². The summed E-state index contributed by atoms with van der Waals surface area (Å²) in [7, 11) is 0. The second kappa shape index (κ2) is 7.11. The Hall–Kier alpha value is -1.59. The molecule has 1 aromatic rings. The molecule has 1 N–H and O–H groups in total. The molecule has 0 saturated carbocycles. The summed E-state index contributed by atoms with van der Waals surface area (Å²) in [5.74, 6) is 0.669. The number of aliphatic hydroxyl groups excluding tert-OH is 1. The lowest BCUT2D eigenvalue weighted by Crippen LogP contribution is -2.50. The van der Waals surface area contributed by atoms with E-state index in [1.807, 2.05) is 12.1 Å². The number of nitrogens with zero attached hydrogens (tertiary/aromatic N) is 2. The van der Waals surface area contributed by atoms with Gasteiger partial charge < -0.3 is 14.7 Å². The molecule has 1 heterocycles. The molecule has 0 unspecified atom stereocenters. The molecule has 1 aliphatic rings. The molecule has 5 nitrogen and oxygen atoms in total. The summed E-state index contributed by atoms with van der Waals surface area (Å²) in [4.78, 5) is 15.9. The maximum absolute atomic E-state index is 12.0. The van der Waals surface area contributed by atoms with Crippen LogP contribution in [0.25, 0.3) is 0 Å². The first-order chi connectivity index (χ1) is 9.29. The van der Waals surface area contributed by atoms with E-state index in [4.69, 9.17) is 9.84 Å². The second-order valence-electron chi connectivity index (χ2n) is 4.47. The third-order valence-corrected chi connectivity index (χ3v) is 3.18. The number of aliphatic hydroxyl groups is 1. The van der Waals surface area contributed by atoms with E-state index in [0.29, 0.717) is 25.4 Å². The Bertz CT molecular complexity index is 389. The van der Waals surface area contributed by atoms with Gasteiger partial charge in [-0.3, -0.25) is 9.69 Å². The molecule has 103 valence electrons. The zero-order valence-corrected chi connectivity index (χ0v) is 10.9. The van der Waals surface area contributed by atoms with Crippen LogP contribution in [0.3, 0.4) is 0 Å². The average molecular weight is 263 g/mol. The fraction of sp³-hybridized carbons (Fsp3) is 0.500. The molecule has 1 aromatic carbocycles. The van der Waals surface area contributed by atoms with Crippen LogP contribution in [0.2, 0.25) is 0 Å². The number of rotatable bonds is 5. The molecule has 5 heteroatoms. The summed E-state index contributed by atoms with van der Waals surface area (Å²) < 4.78 is 5.42. The van der Waals surface area contributed by atoms with E-state index in [-0.39, 0.29) is 19.1 Å². The van der Waals surface area contributed by atoms with Crippen molar-refractivity contribution in [1.82, 2.24) is 9.80 Å². The normalized spacial score (nSPS) is 16.4. The van der Waals surface area contributed by atoms with Crippen molar-refractivity contribution >= 4 is 5.91 Å². The van der Waals surface area contributed by atoms with Gasteiger partial charge in [0.2, 0.25) is 0 Å². The maximum Gasteiger partial charge on any atom is 0.260 e. The van der Waals surface area contributed by atoms with Crippen molar-refractivity contribution in [1.29, 1.82) is 0 Å². The molecule has 1 amide bonds. The third kappa shape index (κ3) is 4.22. The Morgan fingerprint density at radius 2 is 2.16 bits per heavy atom. The van der Waals surface area contributed by atoms with Crippen LogP contribution < -0.4 is 4.74 Å². The van der Waals surface area contributed by atoms with Gasteiger partial charge in [-0.25, -0.2) is 0 Å². The molecule has 1 saturated heterocycles. The molecule has 2 rings (SSSR count). The maximum atomic E-state index is 12.0. The van der Waals surface area contributed by atoms with Crippen LogP contribution in [-0.4, -0.2) is 66.8 Å². The first-order valence-corrected chi connectivity index (χ1v) is 6.49. The predicted octanol–water partition coefficient (Wildman–Crippen LogP) is 0.00209. The Labute approximate surface area is 113 Å². The highest BCUT2D eigenvalue weighted by Crippen LogP contribution is 2.08. The topological polar surface area (TPSA) is 53.0 Å². The minimum atomic E-state index is 0.00695. The van der Waals surface area contributed by atoms with E-state index < -0.39 is 0 Å². The van der Waals surface area contributed by atoms with Crippen molar-refractivity contribution in [3.05, 3.63) is 30.3 Å². The second-order valence-corrected chi connectivity index (χ2v) is 4.47. The Balaban J connectivity index is 1.73. The van der Waals surface area contributed by atoms with Crippen molar-refractivity contribution < 1.29 is 14.6 Å². The summed E-state index contributed by atoms with van der Waals surface area (Å²) >= 11 is 0. The summed E-state index contributed by atoms with van der Waals surface area (Å²) in [6, 6.07) is 10.0. The number of hydrogen-bond donors (Lipinski definition) is 1. The summed E-state index contributed by atoms with van der Waals surface area (Å²) in [6.07, 6.45) is 0. The van der Waals surface area contributed by atoms with Gasteiger partial charge in [-0.1, -0.05) is 12.1 Å². The molecular weight excluding hydrogens is 244 g/mol. The number of ether oxygens (including phenoxy) is 1. The van der Waals surface area contributed by atoms with Crippen LogP contribution >= 0.6 is 0 Å². The summed E-state index contributed by atoms with van der Waals surface area (Å²) in [5, 5.41) is 8.86. The molecule has 0 aromatic heterocycles. The number of benzene rings is 1. The highest BCUT2D eigenvalue weighted by Gasteiger charge is 2.20. The molecule has 1 fully saturated rings. The highest BCUT2D eigenvalue weighted by atomic mass is 16.5. The molecule has 0 bridgehead atoms. The van der Waals surface area contributed by atoms with Gasteiger partial charge >= 0.3 is 0 Å². The Morgan fingerprint density at radius 1 is 1.37 bits per heavy atom. The lowest BCUT2D eigenvalue weighted by molar-refractivity contribution is -0.135. The first-order valence-electron chi connectivity index (χ1n) is 6.49. The zero-order valence-electron chi connectivity index (χ0n) is 10.9. The van der Waals surface area contributed by atoms with Gasteiger partial charge in [-0.2, -0.15) is 0 Å². The van der Waals surface area contributed by atoms with Crippen molar-refractivity contribution in [3.8, 4) is 5.75 Å². The van der Waals surface area contributed by atoms with Crippen molar-refractivity contribution in [3.63, 3.8) is 0 Å². The van der Waals surface area contributed by atoms with Crippen LogP contribution in [0.1, 0.15) is 0 Å². The van der Waals surface area contributed by atoms with E-state index in [1.54, 1.807) is 17.0 Å². The molecule has 0 spiro atoms. The largest absolute Gasteiger partial charge is 0.484 e. The number of piperazine rings is 1. The SMILES string of the molecule is O=C(COc1c[c]ccc1)N1CCN(CCO)CC1. The van der Waals surface area contributed by atoms with Gasteiger partial charge in [-0.15, -0.1) is 0 Å². The first kappa shape index (κ1) is 13.8. The van der Waals surface area contributed by atoms with Crippen molar-refractivity contribution in [2.24, 2.45) is 0 Å². The number of β-amino-alcohol motifs (C(OH)–C–C–N with tert-alkyl or cyclic N) is 1. The number of amides is 1. The van der Waals surface area contributed by atoms with Gasteiger partial charge in [0.15, 0.2) is 6.61 Å². The summed E-state index contributed by atoms with van der Waals surface area (Å²) in [6.45, 7) is 3.93. The quantitative estimate of drug-likeness (QED) is 0.812.